The molecule has 2 saturated heterocycles. The Morgan fingerprint density at radius 2 is 2.22 bits per heavy atom. The molecule has 0 saturated carbocycles. The van der Waals surface area contributed by atoms with Gasteiger partial charge in [0, 0.05) is 18.8 Å². The Morgan fingerprint density at radius 1 is 1.28 bits per heavy atom. The molecule has 3 rings (SSSR count). The van der Waals surface area contributed by atoms with Crippen LogP contribution in [0.3, 0.4) is 0 Å². The summed E-state index contributed by atoms with van der Waals surface area (Å²) in [6, 6.07) is 0.491. The molecule has 0 radical (unpaired) electrons. The monoisotopic (exact) mass is 249 g/mol. The summed E-state index contributed by atoms with van der Waals surface area (Å²) in [5.41, 5.74) is 1.34. The van der Waals surface area contributed by atoms with Crippen molar-refractivity contribution < 1.29 is 4.74 Å². The van der Waals surface area contributed by atoms with Crippen molar-refractivity contribution in [3.63, 3.8) is 0 Å². The minimum Gasteiger partial charge on any atom is -0.376 e. The van der Waals surface area contributed by atoms with E-state index >= 15 is 0 Å². The van der Waals surface area contributed by atoms with E-state index in [9.17, 15) is 0 Å². The zero-order valence-corrected chi connectivity index (χ0v) is 11.0. The molecule has 1 aromatic heterocycles. The molecule has 2 atom stereocenters. The molecule has 0 bridgehead atoms. The number of hydrogen-bond donors (Lipinski definition) is 1. The van der Waals surface area contributed by atoms with Gasteiger partial charge in [-0.3, -0.25) is 0 Å². The standard InChI is InChI=1S/C14H23N3O/c1-3-7-16-13(6-1)14-9-15-11-17(14)10-12-5-2-4-8-18-12/h9,11-13,16H,1-8,10H2. The Balaban J connectivity index is 1.66. The zero-order valence-electron chi connectivity index (χ0n) is 11.0. The van der Waals surface area contributed by atoms with E-state index in [0.717, 1.165) is 19.7 Å². The second kappa shape index (κ2) is 5.85. The van der Waals surface area contributed by atoms with Gasteiger partial charge in [-0.2, -0.15) is 0 Å². The Labute approximate surface area is 109 Å². The highest BCUT2D eigenvalue weighted by Crippen LogP contribution is 2.24. The van der Waals surface area contributed by atoms with Crippen LogP contribution in [-0.2, 0) is 11.3 Å². The SMILES string of the molecule is c1ncn(CC2CCCCO2)c1C1CCCCN1. The average molecular weight is 249 g/mol. The lowest BCUT2D eigenvalue weighted by atomic mass is 10.0. The fourth-order valence-electron chi connectivity index (χ4n) is 3.05. The number of hydrogen-bond acceptors (Lipinski definition) is 3. The lowest BCUT2D eigenvalue weighted by molar-refractivity contribution is 0.00529. The van der Waals surface area contributed by atoms with Crippen LogP contribution in [0.1, 0.15) is 50.3 Å². The molecular weight excluding hydrogens is 226 g/mol. The maximum absolute atomic E-state index is 5.82. The maximum Gasteiger partial charge on any atom is 0.0949 e. The van der Waals surface area contributed by atoms with Gasteiger partial charge in [0.2, 0.25) is 0 Å². The van der Waals surface area contributed by atoms with Gasteiger partial charge in [0.25, 0.3) is 0 Å². The van der Waals surface area contributed by atoms with Crippen molar-refractivity contribution in [2.45, 2.75) is 57.2 Å². The van der Waals surface area contributed by atoms with Crippen LogP contribution in [0.4, 0.5) is 0 Å². The minimum absolute atomic E-state index is 0.385. The highest BCUT2D eigenvalue weighted by atomic mass is 16.5. The van der Waals surface area contributed by atoms with E-state index in [1.165, 1.54) is 44.2 Å². The van der Waals surface area contributed by atoms with Gasteiger partial charge >= 0.3 is 0 Å². The fourth-order valence-corrected chi connectivity index (χ4v) is 3.05. The topological polar surface area (TPSA) is 39.1 Å². The van der Waals surface area contributed by atoms with Crippen molar-refractivity contribution in [1.29, 1.82) is 0 Å². The fraction of sp³-hybridized carbons (Fsp3) is 0.786. The Hall–Kier alpha value is -0.870. The number of aromatic nitrogens is 2. The molecule has 3 heterocycles. The maximum atomic E-state index is 5.82. The molecule has 2 unspecified atom stereocenters. The van der Waals surface area contributed by atoms with Crippen LogP contribution in [0.15, 0.2) is 12.5 Å². The van der Waals surface area contributed by atoms with Crippen LogP contribution < -0.4 is 5.32 Å². The largest absolute Gasteiger partial charge is 0.376 e. The van der Waals surface area contributed by atoms with Gasteiger partial charge in [-0.1, -0.05) is 6.42 Å². The van der Waals surface area contributed by atoms with Gasteiger partial charge < -0.3 is 14.6 Å². The van der Waals surface area contributed by atoms with Gasteiger partial charge in [-0.15, -0.1) is 0 Å². The van der Waals surface area contributed by atoms with Crippen molar-refractivity contribution in [3.05, 3.63) is 18.2 Å². The summed E-state index contributed by atoms with van der Waals surface area (Å²) < 4.78 is 8.12. The zero-order chi connectivity index (χ0) is 12.2. The van der Waals surface area contributed by atoms with Crippen LogP contribution in [0.2, 0.25) is 0 Å². The minimum atomic E-state index is 0.385. The van der Waals surface area contributed by atoms with Gasteiger partial charge in [0.15, 0.2) is 0 Å². The molecule has 4 nitrogen and oxygen atoms in total. The quantitative estimate of drug-likeness (QED) is 0.893. The van der Waals surface area contributed by atoms with Crippen molar-refractivity contribution in [2.75, 3.05) is 13.2 Å². The van der Waals surface area contributed by atoms with Crippen molar-refractivity contribution in [3.8, 4) is 0 Å². The molecule has 18 heavy (non-hydrogen) atoms. The van der Waals surface area contributed by atoms with E-state index in [2.05, 4.69) is 14.9 Å². The van der Waals surface area contributed by atoms with E-state index in [4.69, 9.17) is 4.74 Å². The normalized spacial score (nSPS) is 29.3. The molecule has 100 valence electrons. The van der Waals surface area contributed by atoms with Crippen LogP contribution in [0.25, 0.3) is 0 Å². The molecule has 4 heteroatoms. The summed E-state index contributed by atoms with van der Waals surface area (Å²) in [7, 11) is 0. The van der Waals surface area contributed by atoms with Gasteiger partial charge in [-0.25, -0.2) is 4.98 Å². The first kappa shape index (κ1) is 12.2. The average Bonchev–Trinajstić information content (AvgIpc) is 2.89. The molecule has 0 aromatic carbocycles. The lowest BCUT2D eigenvalue weighted by Crippen LogP contribution is -2.30. The Bertz CT molecular complexity index is 365. The molecule has 0 aliphatic carbocycles. The molecule has 0 amide bonds. The van der Waals surface area contributed by atoms with E-state index in [0.29, 0.717) is 12.1 Å². The van der Waals surface area contributed by atoms with Crippen molar-refractivity contribution >= 4 is 0 Å². The summed E-state index contributed by atoms with van der Waals surface area (Å²) >= 11 is 0. The number of nitrogens with zero attached hydrogens (tertiary/aromatic N) is 2. The molecule has 1 aromatic rings. The first-order valence-corrected chi connectivity index (χ1v) is 7.28. The summed E-state index contributed by atoms with van der Waals surface area (Å²) in [5, 5.41) is 3.60. The Kier molecular flexibility index (Phi) is 3.96. The number of imidazole rings is 1. The summed E-state index contributed by atoms with van der Waals surface area (Å²) in [4.78, 5) is 4.33. The smallest absolute Gasteiger partial charge is 0.0949 e. The summed E-state index contributed by atoms with van der Waals surface area (Å²) in [5.74, 6) is 0. The summed E-state index contributed by atoms with van der Waals surface area (Å²) in [6.07, 6.45) is 11.9. The second-order valence-corrected chi connectivity index (χ2v) is 5.46. The first-order chi connectivity index (χ1) is 8.93. The summed E-state index contributed by atoms with van der Waals surface area (Å²) in [6.45, 7) is 3.03. The van der Waals surface area contributed by atoms with Crippen LogP contribution in [-0.4, -0.2) is 28.8 Å². The molecule has 2 aliphatic rings. The third-order valence-electron chi connectivity index (χ3n) is 4.09. The molecule has 1 N–H and O–H groups in total. The van der Waals surface area contributed by atoms with E-state index < -0.39 is 0 Å². The number of nitrogens with one attached hydrogen (secondary N) is 1. The highest BCUT2D eigenvalue weighted by Gasteiger charge is 2.21. The number of ether oxygens (including phenoxy) is 1. The predicted octanol–water partition coefficient (Wildman–Crippen LogP) is 2.27. The van der Waals surface area contributed by atoms with E-state index in [-0.39, 0.29) is 0 Å². The van der Waals surface area contributed by atoms with E-state index in [1.807, 2.05) is 12.5 Å². The van der Waals surface area contributed by atoms with Gasteiger partial charge in [0.05, 0.1) is 24.7 Å². The van der Waals surface area contributed by atoms with Crippen LogP contribution in [0.5, 0.6) is 0 Å². The number of piperidine rings is 1. The van der Waals surface area contributed by atoms with Crippen LogP contribution >= 0.6 is 0 Å². The third kappa shape index (κ3) is 2.75. The highest BCUT2D eigenvalue weighted by molar-refractivity contribution is 5.06. The first-order valence-electron chi connectivity index (χ1n) is 7.28. The lowest BCUT2D eigenvalue weighted by Gasteiger charge is -2.27. The third-order valence-corrected chi connectivity index (χ3v) is 4.09. The van der Waals surface area contributed by atoms with Gasteiger partial charge in [0.1, 0.15) is 0 Å². The van der Waals surface area contributed by atoms with Crippen molar-refractivity contribution in [2.24, 2.45) is 0 Å². The number of rotatable bonds is 3. The Morgan fingerprint density at radius 3 is 3.00 bits per heavy atom. The molecule has 2 aliphatic heterocycles. The molecular formula is C14H23N3O. The van der Waals surface area contributed by atoms with E-state index in [1.54, 1.807) is 0 Å². The second-order valence-electron chi connectivity index (χ2n) is 5.46. The van der Waals surface area contributed by atoms with Gasteiger partial charge in [-0.05, 0) is 38.6 Å². The predicted molar refractivity (Wildman–Crippen MR) is 70.4 cm³/mol. The molecule has 2 fully saturated rings. The van der Waals surface area contributed by atoms with Crippen LogP contribution in [0, 0.1) is 0 Å². The molecule has 0 spiro atoms. The van der Waals surface area contributed by atoms with Crippen molar-refractivity contribution in [1.82, 2.24) is 14.9 Å².